The summed E-state index contributed by atoms with van der Waals surface area (Å²) in [6, 6.07) is 5.42. The van der Waals surface area contributed by atoms with Crippen LogP contribution in [0, 0.1) is 12.8 Å². The number of carbonyl (C=O) groups is 2. The van der Waals surface area contributed by atoms with E-state index in [4.69, 9.17) is 4.74 Å². The average molecular weight is 232 g/mol. The fourth-order valence-corrected chi connectivity index (χ4v) is 2.31. The molecule has 0 amide bonds. The van der Waals surface area contributed by atoms with Crippen molar-refractivity contribution in [1.29, 1.82) is 0 Å². The van der Waals surface area contributed by atoms with E-state index in [1.807, 2.05) is 13.0 Å². The minimum atomic E-state index is -0.115. The molecule has 1 unspecified atom stereocenters. The molecule has 1 fully saturated rings. The number of hydrogen-bond acceptors (Lipinski definition) is 3. The van der Waals surface area contributed by atoms with Crippen molar-refractivity contribution in [2.75, 3.05) is 7.11 Å². The molecule has 3 nitrogen and oxygen atoms in total. The van der Waals surface area contributed by atoms with E-state index in [1.165, 1.54) is 0 Å². The van der Waals surface area contributed by atoms with Gasteiger partial charge in [-0.1, -0.05) is 0 Å². The quantitative estimate of drug-likeness (QED) is 0.752. The molecule has 0 spiro atoms. The van der Waals surface area contributed by atoms with Gasteiger partial charge >= 0.3 is 0 Å². The molecule has 0 radical (unpaired) electrons. The Morgan fingerprint density at radius 1 is 1.41 bits per heavy atom. The van der Waals surface area contributed by atoms with E-state index in [9.17, 15) is 9.59 Å². The number of rotatable bonds is 3. The lowest BCUT2D eigenvalue weighted by molar-refractivity contribution is -0.117. The first-order valence-electron chi connectivity index (χ1n) is 5.82. The van der Waals surface area contributed by atoms with Crippen LogP contribution in [-0.2, 0) is 4.79 Å². The van der Waals surface area contributed by atoms with Crippen LogP contribution in [0.1, 0.15) is 35.2 Å². The van der Waals surface area contributed by atoms with Crippen LogP contribution in [0.5, 0.6) is 5.75 Å². The maximum atomic E-state index is 12.2. The molecule has 1 saturated carbocycles. The van der Waals surface area contributed by atoms with Crippen LogP contribution < -0.4 is 4.74 Å². The van der Waals surface area contributed by atoms with Gasteiger partial charge < -0.3 is 4.74 Å². The highest BCUT2D eigenvalue weighted by Gasteiger charge is 2.28. The average Bonchev–Trinajstić information content (AvgIpc) is 2.75. The van der Waals surface area contributed by atoms with Crippen LogP contribution in [0.4, 0.5) is 0 Å². The normalized spacial score (nSPS) is 19.4. The third-order valence-corrected chi connectivity index (χ3v) is 3.30. The second-order valence-corrected chi connectivity index (χ2v) is 4.53. The van der Waals surface area contributed by atoms with E-state index in [1.54, 1.807) is 19.2 Å². The molecule has 3 heteroatoms. The number of methoxy groups -OCH3 is 1. The molecule has 0 saturated heterocycles. The summed E-state index contributed by atoms with van der Waals surface area (Å²) in [5, 5.41) is 0. The highest BCUT2D eigenvalue weighted by Crippen LogP contribution is 2.27. The number of ether oxygens (including phenoxy) is 1. The molecule has 90 valence electrons. The lowest BCUT2D eigenvalue weighted by Gasteiger charge is -2.10. The minimum absolute atomic E-state index is 0.0848. The van der Waals surface area contributed by atoms with E-state index >= 15 is 0 Å². The smallest absolute Gasteiger partial charge is 0.166 e. The molecule has 0 bridgehead atoms. The Balaban J connectivity index is 2.20. The van der Waals surface area contributed by atoms with E-state index in [-0.39, 0.29) is 17.5 Å². The van der Waals surface area contributed by atoms with Crippen molar-refractivity contribution < 1.29 is 14.3 Å². The molecule has 0 aromatic heterocycles. The van der Waals surface area contributed by atoms with Crippen molar-refractivity contribution in [3.05, 3.63) is 29.3 Å². The Morgan fingerprint density at radius 3 is 2.71 bits per heavy atom. The zero-order chi connectivity index (χ0) is 12.4. The number of carbonyl (C=O) groups excluding carboxylic acids is 2. The SMILES string of the molecule is COc1ccc(C(=O)C2CCC(=O)C2)cc1C. The minimum Gasteiger partial charge on any atom is -0.496 e. The van der Waals surface area contributed by atoms with Gasteiger partial charge in [-0.3, -0.25) is 9.59 Å². The Morgan fingerprint density at radius 2 is 2.18 bits per heavy atom. The van der Waals surface area contributed by atoms with E-state index in [0.29, 0.717) is 24.8 Å². The second kappa shape index (κ2) is 4.70. The molecule has 2 rings (SSSR count). The molecule has 0 heterocycles. The summed E-state index contributed by atoms with van der Waals surface area (Å²) in [7, 11) is 1.61. The molecule has 1 aromatic carbocycles. The van der Waals surface area contributed by atoms with Gasteiger partial charge in [-0.25, -0.2) is 0 Å². The molecular weight excluding hydrogens is 216 g/mol. The largest absolute Gasteiger partial charge is 0.496 e. The van der Waals surface area contributed by atoms with Crippen LogP contribution in [-0.4, -0.2) is 18.7 Å². The van der Waals surface area contributed by atoms with Gasteiger partial charge in [0, 0.05) is 24.3 Å². The van der Waals surface area contributed by atoms with Crippen LogP contribution >= 0.6 is 0 Å². The van der Waals surface area contributed by atoms with E-state index in [0.717, 1.165) is 11.3 Å². The summed E-state index contributed by atoms with van der Waals surface area (Å²) >= 11 is 0. The number of hydrogen-bond donors (Lipinski definition) is 0. The predicted molar refractivity (Wildman–Crippen MR) is 64.4 cm³/mol. The Bertz CT molecular complexity index is 463. The number of Topliss-reactive ketones (excluding diaryl/α,β-unsaturated/α-hetero) is 2. The van der Waals surface area contributed by atoms with E-state index in [2.05, 4.69) is 0 Å². The van der Waals surface area contributed by atoms with Crippen molar-refractivity contribution in [1.82, 2.24) is 0 Å². The number of ketones is 2. The van der Waals surface area contributed by atoms with Gasteiger partial charge in [0.25, 0.3) is 0 Å². The molecule has 1 aliphatic rings. The molecule has 1 atom stereocenters. The molecule has 0 aliphatic heterocycles. The highest BCUT2D eigenvalue weighted by molar-refractivity contribution is 6.01. The molecule has 1 aliphatic carbocycles. The van der Waals surface area contributed by atoms with Crippen LogP contribution in [0.3, 0.4) is 0 Å². The molecule has 0 N–H and O–H groups in total. The van der Waals surface area contributed by atoms with Gasteiger partial charge in [0.15, 0.2) is 5.78 Å². The van der Waals surface area contributed by atoms with Crippen LogP contribution in [0.15, 0.2) is 18.2 Å². The van der Waals surface area contributed by atoms with Crippen molar-refractivity contribution in [2.45, 2.75) is 26.2 Å². The Kier molecular flexibility index (Phi) is 3.27. The lowest BCUT2D eigenvalue weighted by Crippen LogP contribution is -2.12. The van der Waals surface area contributed by atoms with Gasteiger partial charge in [-0.05, 0) is 37.1 Å². The zero-order valence-electron chi connectivity index (χ0n) is 10.2. The maximum Gasteiger partial charge on any atom is 0.166 e. The van der Waals surface area contributed by atoms with Crippen LogP contribution in [0.2, 0.25) is 0 Å². The number of benzene rings is 1. The number of aryl methyl sites for hydroxylation is 1. The lowest BCUT2D eigenvalue weighted by atomic mass is 9.95. The topological polar surface area (TPSA) is 43.4 Å². The summed E-state index contributed by atoms with van der Waals surface area (Å²) in [6.45, 7) is 1.91. The Hall–Kier alpha value is -1.64. The monoisotopic (exact) mass is 232 g/mol. The standard InChI is InChI=1S/C14H16O3/c1-9-7-10(4-6-13(9)17-2)14(16)11-3-5-12(15)8-11/h4,6-7,11H,3,5,8H2,1-2H3. The first-order valence-corrected chi connectivity index (χ1v) is 5.82. The first-order chi connectivity index (χ1) is 8.11. The highest BCUT2D eigenvalue weighted by atomic mass is 16.5. The third-order valence-electron chi connectivity index (χ3n) is 3.30. The summed E-state index contributed by atoms with van der Waals surface area (Å²) in [5.41, 5.74) is 1.63. The van der Waals surface area contributed by atoms with E-state index < -0.39 is 0 Å². The fraction of sp³-hybridized carbons (Fsp3) is 0.429. The van der Waals surface area contributed by atoms with Crippen LogP contribution in [0.25, 0.3) is 0 Å². The fourth-order valence-electron chi connectivity index (χ4n) is 2.31. The summed E-state index contributed by atoms with van der Waals surface area (Å²) in [5.74, 6) is 0.953. The summed E-state index contributed by atoms with van der Waals surface area (Å²) in [6.07, 6.45) is 1.65. The van der Waals surface area contributed by atoms with Gasteiger partial charge in [0.05, 0.1) is 7.11 Å². The zero-order valence-corrected chi connectivity index (χ0v) is 10.2. The predicted octanol–water partition coefficient (Wildman–Crippen LogP) is 2.56. The second-order valence-electron chi connectivity index (χ2n) is 4.53. The summed E-state index contributed by atoms with van der Waals surface area (Å²) < 4.78 is 5.16. The van der Waals surface area contributed by atoms with Crippen molar-refractivity contribution in [3.8, 4) is 5.75 Å². The van der Waals surface area contributed by atoms with Crippen molar-refractivity contribution >= 4 is 11.6 Å². The van der Waals surface area contributed by atoms with Crippen molar-refractivity contribution in [2.24, 2.45) is 5.92 Å². The van der Waals surface area contributed by atoms with Gasteiger partial charge in [0.1, 0.15) is 11.5 Å². The summed E-state index contributed by atoms with van der Waals surface area (Å²) in [4.78, 5) is 23.3. The maximum absolute atomic E-state index is 12.2. The molecular formula is C14H16O3. The first kappa shape index (κ1) is 11.8. The Labute approximate surface area is 101 Å². The third kappa shape index (κ3) is 2.38. The van der Waals surface area contributed by atoms with Crippen molar-refractivity contribution in [3.63, 3.8) is 0 Å². The van der Waals surface area contributed by atoms with Gasteiger partial charge in [-0.15, -0.1) is 0 Å². The van der Waals surface area contributed by atoms with Gasteiger partial charge in [0.2, 0.25) is 0 Å². The molecule has 1 aromatic rings. The van der Waals surface area contributed by atoms with Gasteiger partial charge in [-0.2, -0.15) is 0 Å². The molecule has 17 heavy (non-hydrogen) atoms.